The number of halogens is 1. The van der Waals surface area contributed by atoms with Gasteiger partial charge in [0.2, 0.25) is 0 Å². The van der Waals surface area contributed by atoms with Crippen molar-refractivity contribution in [1.82, 2.24) is 0 Å². The number of methoxy groups -OCH3 is 1. The molecule has 30 heavy (non-hydrogen) atoms. The lowest BCUT2D eigenvalue weighted by Gasteiger charge is -2.04. The van der Waals surface area contributed by atoms with Crippen molar-refractivity contribution >= 4 is 34.8 Å². The summed E-state index contributed by atoms with van der Waals surface area (Å²) in [5, 5.41) is 10.6. The minimum absolute atomic E-state index is 0.0279. The predicted molar refractivity (Wildman–Crippen MR) is 113 cm³/mol. The first-order valence-electron chi connectivity index (χ1n) is 8.96. The molecule has 2 aromatic rings. The van der Waals surface area contributed by atoms with Gasteiger partial charge in [0.1, 0.15) is 27.9 Å². The highest BCUT2D eigenvalue weighted by Crippen LogP contribution is 2.39. The standard InChI is InChI=1S/C22H18FNO5S/c1-3-29-22(27)18-19(25)17(12-13-4-8-15(23)9-5-13)30-21(18)24-20(26)14-6-10-16(28-2)11-7-14/h4-12,25H,3H2,1-2H3. The molecule has 0 aliphatic carbocycles. The number of aliphatic hydroxyl groups is 1. The summed E-state index contributed by atoms with van der Waals surface area (Å²) in [4.78, 5) is 29.3. The van der Waals surface area contributed by atoms with Crippen molar-refractivity contribution in [3.8, 4) is 5.75 Å². The number of benzene rings is 2. The number of ether oxygens (including phenoxy) is 2. The normalized spacial score (nSPS) is 16.2. The topological polar surface area (TPSA) is 85.2 Å². The number of rotatable bonds is 5. The van der Waals surface area contributed by atoms with Crippen molar-refractivity contribution in [2.75, 3.05) is 13.7 Å². The maximum atomic E-state index is 13.1. The van der Waals surface area contributed by atoms with E-state index in [1.807, 2.05) is 0 Å². The highest BCUT2D eigenvalue weighted by molar-refractivity contribution is 8.18. The summed E-state index contributed by atoms with van der Waals surface area (Å²) in [6.45, 7) is 1.73. The number of nitrogens with zero attached hydrogens (tertiary/aromatic N) is 1. The van der Waals surface area contributed by atoms with E-state index >= 15 is 0 Å². The molecule has 1 N–H and O–H groups in total. The third-order valence-electron chi connectivity index (χ3n) is 4.08. The lowest BCUT2D eigenvalue weighted by molar-refractivity contribution is -0.138. The summed E-state index contributed by atoms with van der Waals surface area (Å²) >= 11 is 0.958. The molecule has 0 atom stereocenters. The van der Waals surface area contributed by atoms with Crippen LogP contribution in [-0.2, 0) is 9.53 Å². The second-order valence-corrected chi connectivity index (χ2v) is 7.09. The van der Waals surface area contributed by atoms with E-state index in [1.165, 1.54) is 31.4 Å². The van der Waals surface area contributed by atoms with Gasteiger partial charge in [-0.25, -0.2) is 14.2 Å². The lowest BCUT2D eigenvalue weighted by Crippen LogP contribution is -2.14. The molecule has 8 heteroatoms. The average molecular weight is 427 g/mol. The summed E-state index contributed by atoms with van der Waals surface area (Å²) in [7, 11) is 1.51. The summed E-state index contributed by atoms with van der Waals surface area (Å²) in [6, 6.07) is 11.9. The van der Waals surface area contributed by atoms with Crippen LogP contribution >= 0.6 is 11.8 Å². The third kappa shape index (κ3) is 4.77. The van der Waals surface area contributed by atoms with E-state index in [0.29, 0.717) is 21.8 Å². The molecule has 0 bridgehead atoms. The Morgan fingerprint density at radius 1 is 1.13 bits per heavy atom. The first-order valence-corrected chi connectivity index (χ1v) is 9.78. The van der Waals surface area contributed by atoms with E-state index in [4.69, 9.17) is 9.47 Å². The largest absolute Gasteiger partial charge is 0.506 e. The molecule has 1 aliphatic heterocycles. The molecule has 1 aliphatic rings. The number of carbonyl (C=O) groups is 2. The molecule has 0 fully saturated rings. The van der Waals surface area contributed by atoms with Crippen molar-refractivity contribution in [1.29, 1.82) is 0 Å². The number of carbonyl (C=O) groups excluding carboxylic acids is 2. The van der Waals surface area contributed by atoms with Crippen molar-refractivity contribution in [2.24, 2.45) is 4.99 Å². The van der Waals surface area contributed by atoms with Crippen LogP contribution in [-0.4, -0.2) is 35.7 Å². The highest BCUT2D eigenvalue weighted by Gasteiger charge is 2.33. The van der Waals surface area contributed by atoms with Gasteiger partial charge in [-0.2, -0.15) is 0 Å². The van der Waals surface area contributed by atoms with Gasteiger partial charge in [-0.15, -0.1) is 0 Å². The molecule has 3 rings (SSSR count). The molecule has 1 heterocycles. The molecule has 154 valence electrons. The molecular formula is C22H18FNO5S. The van der Waals surface area contributed by atoms with Crippen molar-refractivity contribution in [3.05, 3.63) is 81.7 Å². The Labute approximate surface area is 176 Å². The smallest absolute Gasteiger partial charge is 0.344 e. The van der Waals surface area contributed by atoms with Crippen LogP contribution in [0.25, 0.3) is 6.08 Å². The van der Waals surface area contributed by atoms with Crippen LogP contribution in [0.1, 0.15) is 22.8 Å². The SMILES string of the molecule is CCOC(=O)C1=C(O)C(=Cc2ccc(F)cc2)SC1=NC(=O)c1ccc(OC)cc1. The molecule has 6 nitrogen and oxygen atoms in total. The number of hydrogen-bond donors (Lipinski definition) is 1. The van der Waals surface area contributed by atoms with Crippen LogP contribution in [0.15, 0.2) is 69.8 Å². The first-order chi connectivity index (χ1) is 14.4. The molecule has 0 saturated heterocycles. The number of hydrogen-bond acceptors (Lipinski definition) is 6. The van der Waals surface area contributed by atoms with Crippen LogP contribution in [0.3, 0.4) is 0 Å². The molecule has 2 aromatic carbocycles. The molecular weight excluding hydrogens is 409 g/mol. The van der Waals surface area contributed by atoms with Gasteiger partial charge < -0.3 is 14.6 Å². The summed E-state index contributed by atoms with van der Waals surface area (Å²) in [6.07, 6.45) is 1.57. The molecule has 0 aromatic heterocycles. The first kappa shape index (κ1) is 21.3. The van der Waals surface area contributed by atoms with E-state index in [-0.39, 0.29) is 23.0 Å². The van der Waals surface area contributed by atoms with E-state index in [9.17, 15) is 19.1 Å². The number of thioether (sulfide) groups is 1. The molecule has 0 radical (unpaired) electrons. The van der Waals surface area contributed by atoms with Gasteiger partial charge in [0, 0.05) is 5.56 Å². The fraction of sp³-hybridized carbons (Fsp3) is 0.136. The summed E-state index contributed by atoms with van der Waals surface area (Å²) < 4.78 is 23.2. The van der Waals surface area contributed by atoms with E-state index in [1.54, 1.807) is 37.3 Å². The Kier molecular flexibility index (Phi) is 6.68. The third-order valence-corrected chi connectivity index (χ3v) is 5.10. The van der Waals surface area contributed by atoms with Gasteiger partial charge >= 0.3 is 5.97 Å². The lowest BCUT2D eigenvalue weighted by atomic mass is 10.1. The van der Waals surface area contributed by atoms with Crippen molar-refractivity contribution in [2.45, 2.75) is 6.92 Å². The number of aliphatic imine (C=N–C) groups is 1. The van der Waals surface area contributed by atoms with Gasteiger partial charge in [-0.3, -0.25) is 4.79 Å². The van der Waals surface area contributed by atoms with Crippen molar-refractivity contribution in [3.63, 3.8) is 0 Å². The Morgan fingerprint density at radius 2 is 1.80 bits per heavy atom. The Hall–Kier alpha value is -3.39. The minimum Gasteiger partial charge on any atom is -0.506 e. The monoisotopic (exact) mass is 427 g/mol. The van der Waals surface area contributed by atoms with Gasteiger partial charge in [-0.05, 0) is 55.0 Å². The van der Waals surface area contributed by atoms with Gasteiger partial charge in [-0.1, -0.05) is 23.9 Å². The zero-order valence-electron chi connectivity index (χ0n) is 16.2. The second kappa shape index (κ2) is 9.41. The van der Waals surface area contributed by atoms with Crippen LogP contribution < -0.4 is 4.74 Å². The molecule has 0 spiro atoms. The minimum atomic E-state index is -0.786. The predicted octanol–water partition coefficient (Wildman–Crippen LogP) is 4.54. The quantitative estimate of drug-likeness (QED) is 0.706. The maximum absolute atomic E-state index is 13.1. The van der Waals surface area contributed by atoms with Crippen LogP contribution in [0.4, 0.5) is 4.39 Å². The maximum Gasteiger partial charge on any atom is 0.344 e. The number of esters is 1. The van der Waals surface area contributed by atoms with Gasteiger partial charge in [0.15, 0.2) is 0 Å². The second-order valence-electron chi connectivity index (χ2n) is 6.06. The molecule has 1 amide bonds. The number of amides is 1. The Balaban J connectivity index is 1.97. The number of aliphatic hydroxyl groups excluding tert-OH is 1. The van der Waals surface area contributed by atoms with Gasteiger partial charge in [0.25, 0.3) is 5.91 Å². The van der Waals surface area contributed by atoms with Crippen molar-refractivity contribution < 1.29 is 28.6 Å². The fourth-order valence-electron chi connectivity index (χ4n) is 2.59. The molecule has 0 saturated carbocycles. The van der Waals surface area contributed by atoms with Gasteiger partial charge in [0.05, 0.1) is 18.6 Å². The Bertz CT molecular complexity index is 1060. The van der Waals surface area contributed by atoms with Crippen LogP contribution in [0.5, 0.6) is 5.75 Å². The van der Waals surface area contributed by atoms with E-state index < -0.39 is 17.7 Å². The van der Waals surface area contributed by atoms with Crippen LogP contribution in [0, 0.1) is 5.82 Å². The highest BCUT2D eigenvalue weighted by atomic mass is 32.2. The van der Waals surface area contributed by atoms with E-state index in [2.05, 4.69) is 4.99 Å². The Morgan fingerprint density at radius 3 is 2.40 bits per heavy atom. The fourth-order valence-corrected chi connectivity index (χ4v) is 3.61. The molecule has 0 unspecified atom stereocenters. The summed E-state index contributed by atoms with van der Waals surface area (Å²) in [5.41, 5.74) is 0.719. The zero-order valence-corrected chi connectivity index (χ0v) is 17.0. The summed E-state index contributed by atoms with van der Waals surface area (Å²) in [5.74, 6) is -1.52. The average Bonchev–Trinajstić information content (AvgIpc) is 3.04. The zero-order chi connectivity index (χ0) is 21.7. The van der Waals surface area contributed by atoms with Crippen LogP contribution in [0.2, 0.25) is 0 Å². The van der Waals surface area contributed by atoms with E-state index in [0.717, 1.165) is 11.8 Å².